The van der Waals surface area contributed by atoms with Crippen molar-refractivity contribution in [3.63, 3.8) is 0 Å². The van der Waals surface area contributed by atoms with Gasteiger partial charge in [-0.1, -0.05) is 18.2 Å². The maximum atomic E-state index is 12.2. The summed E-state index contributed by atoms with van der Waals surface area (Å²) in [5.41, 5.74) is 1.94. The van der Waals surface area contributed by atoms with Crippen LogP contribution in [0.15, 0.2) is 55.0 Å². The summed E-state index contributed by atoms with van der Waals surface area (Å²) in [4.78, 5) is 16.4. The highest BCUT2D eigenvalue weighted by atomic mass is 16.1. The van der Waals surface area contributed by atoms with Crippen molar-refractivity contribution in [3.8, 4) is 0 Å². The van der Waals surface area contributed by atoms with Gasteiger partial charge in [0.15, 0.2) is 5.78 Å². The molecule has 0 bridgehead atoms. The van der Waals surface area contributed by atoms with Crippen molar-refractivity contribution in [2.45, 2.75) is 0 Å². The third kappa shape index (κ3) is 1.84. The Bertz CT molecular complexity index is 710. The Labute approximate surface area is 103 Å². The van der Waals surface area contributed by atoms with E-state index >= 15 is 0 Å². The van der Waals surface area contributed by atoms with Crippen LogP contribution in [0.2, 0.25) is 0 Å². The lowest BCUT2D eigenvalue weighted by molar-refractivity contribution is 0.103. The van der Waals surface area contributed by atoms with E-state index in [1.807, 2.05) is 18.2 Å². The monoisotopic (exact) mass is 235 g/mol. The molecule has 0 saturated heterocycles. The van der Waals surface area contributed by atoms with E-state index in [4.69, 9.17) is 0 Å². The van der Waals surface area contributed by atoms with Gasteiger partial charge in [0, 0.05) is 22.7 Å². The van der Waals surface area contributed by atoms with Crippen molar-refractivity contribution in [1.29, 1.82) is 0 Å². The van der Waals surface area contributed by atoms with Crippen LogP contribution in [0.3, 0.4) is 0 Å². The molecule has 0 spiro atoms. The molecule has 0 atom stereocenters. The summed E-state index contributed by atoms with van der Waals surface area (Å²) in [6.45, 7) is 0. The molecule has 1 aromatic carbocycles. The van der Waals surface area contributed by atoms with Gasteiger partial charge in [0.05, 0.1) is 17.9 Å². The minimum Gasteiger partial charge on any atom is -0.289 e. The minimum absolute atomic E-state index is 0.0718. The van der Waals surface area contributed by atoms with Crippen LogP contribution < -0.4 is 0 Å². The Morgan fingerprint density at radius 3 is 2.72 bits per heavy atom. The number of aromatic nitrogens is 3. The van der Waals surface area contributed by atoms with Crippen molar-refractivity contribution in [3.05, 3.63) is 66.1 Å². The van der Waals surface area contributed by atoms with Crippen LogP contribution in [-0.4, -0.2) is 21.0 Å². The van der Waals surface area contributed by atoms with Crippen LogP contribution >= 0.6 is 0 Å². The van der Waals surface area contributed by atoms with Crippen molar-refractivity contribution in [2.24, 2.45) is 0 Å². The fraction of sp³-hybridized carbons (Fsp3) is 0. The van der Waals surface area contributed by atoms with Gasteiger partial charge in [-0.2, -0.15) is 10.2 Å². The first kappa shape index (κ1) is 10.5. The summed E-state index contributed by atoms with van der Waals surface area (Å²) in [5, 5.41) is 8.38. The smallest absolute Gasteiger partial charge is 0.194 e. The Morgan fingerprint density at radius 2 is 1.89 bits per heavy atom. The van der Waals surface area contributed by atoms with Crippen LogP contribution in [0.5, 0.6) is 0 Å². The van der Waals surface area contributed by atoms with Crippen molar-refractivity contribution in [1.82, 2.24) is 15.2 Å². The molecule has 0 aliphatic heterocycles. The van der Waals surface area contributed by atoms with E-state index in [-0.39, 0.29) is 5.78 Å². The topological polar surface area (TPSA) is 55.7 Å². The molecule has 0 N–H and O–H groups in total. The molecule has 0 fully saturated rings. The Kier molecular flexibility index (Phi) is 2.53. The molecule has 0 unspecified atom stereocenters. The van der Waals surface area contributed by atoms with Gasteiger partial charge in [-0.15, -0.1) is 0 Å². The van der Waals surface area contributed by atoms with E-state index in [0.29, 0.717) is 11.1 Å². The number of carbonyl (C=O) groups is 1. The summed E-state index contributed by atoms with van der Waals surface area (Å²) in [6, 6.07) is 11.0. The summed E-state index contributed by atoms with van der Waals surface area (Å²) in [6.07, 6.45) is 4.68. The predicted molar refractivity (Wildman–Crippen MR) is 67.2 cm³/mol. The van der Waals surface area contributed by atoms with Gasteiger partial charge in [0.2, 0.25) is 0 Å². The first-order valence-electron chi connectivity index (χ1n) is 5.51. The zero-order valence-corrected chi connectivity index (χ0v) is 9.45. The molecular formula is C14H9N3O. The lowest BCUT2D eigenvalue weighted by Crippen LogP contribution is -2.02. The molecule has 2 heterocycles. The molecule has 2 aromatic heterocycles. The van der Waals surface area contributed by atoms with Crippen LogP contribution in [-0.2, 0) is 0 Å². The number of benzene rings is 1. The quantitative estimate of drug-likeness (QED) is 0.639. The molecule has 0 amide bonds. The highest BCUT2D eigenvalue weighted by molar-refractivity contribution is 6.10. The highest BCUT2D eigenvalue weighted by Crippen LogP contribution is 2.15. The fourth-order valence-electron chi connectivity index (χ4n) is 1.80. The number of rotatable bonds is 2. The normalized spacial score (nSPS) is 10.4. The second-order valence-corrected chi connectivity index (χ2v) is 3.87. The van der Waals surface area contributed by atoms with E-state index in [1.54, 1.807) is 24.4 Å². The number of pyridine rings is 1. The van der Waals surface area contributed by atoms with Gasteiger partial charge in [-0.3, -0.25) is 9.78 Å². The third-order valence-corrected chi connectivity index (χ3v) is 2.71. The summed E-state index contributed by atoms with van der Waals surface area (Å²) < 4.78 is 0. The maximum Gasteiger partial charge on any atom is 0.194 e. The minimum atomic E-state index is -0.0718. The van der Waals surface area contributed by atoms with E-state index in [1.165, 1.54) is 12.4 Å². The lowest BCUT2D eigenvalue weighted by Gasteiger charge is -2.02. The molecule has 3 aromatic rings. The Balaban J connectivity index is 2.07. The summed E-state index contributed by atoms with van der Waals surface area (Å²) in [7, 11) is 0. The second kappa shape index (κ2) is 4.33. The van der Waals surface area contributed by atoms with Crippen LogP contribution in [0, 0.1) is 0 Å². The van der Waals surface area contributed by atoms with E-state index in [0.717, 1.165) is 10.9 Å². The zero-order valence-electron chi connectivity index (χ0n) is 9.45. The number of ketones is 1. The Morgan fingerprint density at radius 1 is 0.944 bits per heavy atom. The van der Waals surface area contributed by atoms with Gasteiger partial charge in [0.25, 0.3) is 0 Å². The van der Waals surface area contributed by atoms with E-state index < -0.39 is 0 Å². The number of carbonyl (C=O) groups excluding carboxylic acids is 1. The highest BCUT2D eigenvalue weighted by Gasteiger charge is 2.09. The molecule has 0 aliphatic rings. The predicted octanol–water partition coefficient (Wildman–Crippen LogP) is 2.26. The largest absolute Gasteiger partial charge is 0.289 e. The van der Waals surface area contributed by atoms with Crippen molar-refractivity contribution < 1.29 is 4.79 Å². The summed E-state index contributed by atoms with van der Waals surface area (Å²) in [5.74, 6) is -0.0718. The molecule has 4 heteroatoms. The first-order chi connectivity index (χ1) is 8.84. The number of hydrogen-bond acceptors (Lipinski definition) is 4. The maximum absolute atomic E-state index is 12.2. The molecule has 0 radical (unpaired) electrons. The first-order valence-corrected chi connectivity index (χ1v) is 5.51. The van der Waals surface area contributed by atoms with Gasteiger partial charge in [0.1, 0.15) is 0 Å². The summed E-state index contributed by atoms with van der Waals surface area (Å²) >= 11 is 0. The molecule has 4 nitrogen and oxygen atoms in total. The van der Waals surface area contributed by atoms with Crippen LogP contribution in [0.25, 0.3) is 10.9 Å². The van der Waals surface area contributed by atoms with E-state index in [2.05, 4.69) is 15.2 Å². The van der Waals surface area contributed by atoms with E-state index in [9.17, 15) is 4.79 Å². The molecule has 18 heavy (non-hydrogen) atoms. The van der Waals surface area contributed by atoms with Gasteiger partial charge >= 0.3 is 0 Å². The second-order valence-electron chi connectivity index (χ2n) is 3.87. The fourth-order valence-corrected chi connectivity index (χ4v) is 1.80. The number of nitrogens with zero attached hydrogens (tertiary/aromatic N) is 3. The molecule has 0 aliphatic carbocycles. The average molecular weight is 235 g/mol. The van der Waals surface area contributed by atoms with Gasteiger partial charge in [-0.25, -0.2) is 0 Å². The number of hydrogen-bond donors (Lipinski definition) is 0. The lowest BCUT2D eigenvalue weighted by atomic mass is 10.0. The van der Waals surface area contributed by atoms with Crippen molar-refractivity contribution >= 4 is 16.7 Å². The van der Waals surface area contributed by atoms with Crippen LogP contribution in [0.4, 0.5) is 0 Å². The molecular weight excluding hydrogens is 226 g/mol. The number of fused-ring (bicyclic) bond motifs is 1. The third-order valence-electron chi connectivity index (χ3n) is 2.71. The SMILES string of the molecule is O=C(c1ccnnc1)c1ccc2cccnc2c1. The van der Waals surface area contributed by atoms with Gasteiger partial charge < -0.3 is 0 Å². The molecule has 0 saturated carbocycles. The molecule has 86 valence electrons. The Hall–Kier alpha value is -2.62. The standard InChI is InChI=1S/C14H9N3O/c18-14(12-5-7-16-17-9-12)11-4-3-10-2-1-6-15-13(10)8-11/h1-9H. The zero-order chi connectivity index (χ0) is 12.4. The van der Waals surface area contributed by atoms with Gasteiger partial charge in [-0.05, 0) is 18.2 Å². The van der Waals surface area contributed by atoms with Crippen molar-refractivity contribution in [2.75, 3.05) is 0 Å². The van der Waals surface area contributed by atoms with Crippen LogP contribution in [0.1, 0.15) is 15.9 Å². The average Bonchev–Trinajstić information content (AvgIpc) is 2.47. The molecule has 3 rings (SSSR count).